The van der Waals surface area contributed by atoms with Gasteiger partial charge in [0.15, 0.2) is 5.84 Å². The maximum atomic E-state index is 6.40. The lowest BCUT2D eigenvalue weighted by molar-refractivity contribution is 0.668. The Labute approximate surface area is 260 Å². The number of nitrogens with one attached hydrogen (secondary N) is 1. The first-order valence-corrected chi connectivity index (χ1v) is 15.2. The van der Waals surface area contributed by atoms with Crippen molar-refractivity contribution in [3.8, 4) is 11.1 Å². The molecule has 4 nitrogen and oxygen atoms in total. The molecule has 1 unspecified atom stereocenters. The molecule has 7 aromatic carbocycles. The molecule has 4 heteroatoms. The third-order valence-electron chi connectivity index (χ3n) is 8.73. The van der Waals surface area contributed by atoms with Crippen molar-refractivity contribution in [1.82, 2.24) is 5.32 Å². The van der Waals surface area contributed by atoms with Crippen LogP contribution in [0.3, 0.4) is 0 Å². The number of hydrogen-bond donors (Lipinski definition) is 1. The van der Waals surface area contributed by atoms with Gasteiger partial charge in [0.1, 0.15) is 23.2 Å². The zero-order chi connectivity index (χ0) is 29.7. The number of rotatable bonds is 4. The van der Waals surface area contributed by atoms with E-state index in [0.29, 0.717) is 5.84 Å². The van der Waals surface area contributed by atoms with E-state index in [-0.39, 0.29) is 6.17 Å². The molecule has 212 valence electrons. The Bertz CT molecular complexity index is 2460. The summed E-state index contributed by atoms with van der Waals surface area (Å²) in [5, 5.41) is 10.7. The van der Waals surface area contributed by atoms with Crippen LogP contribution in [0, 0.1) is 0 Å². The second kappa shape index (κ2) is 10.3. The standard InChI is InChI=1S/C41H27N3O/c1-3-12-27(13-4-1)39-42-40(28-14-5-2-6-15-28)44-41(43-39)38-33(23-24-36-37(38)34-17-9-10-18-35(34)45-36)30-21-22-32-29(25-30)20-19-26-11-7-8-16-31(26)32/h1-25,39H,(H,42,43,44). The van der Waals surface area contributed by atoms with Gasteiger partial charge >= 0.3 is 0 Å². The summed E-state index contributed by atoms with van der Waals surface area (Å²) in [4.78, 5) is 10.3. The lowest BCUT2D eigenvalue weighted by Crippen LogP contribution is -2.34. The second-order valence-electron chi connectivity index (χ2n) is 11.4. The van der Waals surface area contributed by atoms with E-state index in [1.165, 1.54) is 21.5 Å². The molecule has 0 amide bonds. The van der Waals surface area contributed by atoms with Crippen LogP contribution < -0.4 is 5.32 Å². The highest BCUT2D eigenvalue weighted by atomic mass is 16.3. The molecule has 0 spiro atoms. The first-order chi connectivity index (χ1) is 22.3. The van der Waals surface area contributed by atoms with E-state index in [4.69, 9.17) is 14.4 Å². The van der Waals surface area contributed by atoms with Crippen molar-refractivity contribution in [2.45, 2.75) is 6.17 Å². The van der Waals surface area contributed by atoms with Gasteiger partial charge in [0.05, 0.1) is 0 Å². The lowest BCUT2D eigenvalue weighted by Gasteiger charge is -2.25. The summed E-state index contributed by atoms with van der Waals surface area (Å²) in [6, 6.07) is 52.8. The highest BCUT2D eigenvalue weighted by molar-refractivity contribution is 6.25. The molecule has 0 fully saturated rings. The summed E-state index contributed by atoms with van der Waals surface area (Å²) < 4.78 is 6.40. The summed E-state index contributed by atoms with van der Waals surface area (Å²) >= 11 is 0. The van der Waals surface area contributed by atoms with Gasteiger partial charge in [-0.25, -0.2) is 9.98 Å². The number of amidine groups is 2. The van der Waals surface area contributed by atoms with E-state index < -0.39 is 0 Å². The van der Waals surface area contributed by atoms with Crippen molar-refractivity contribution in [2.75, 3.05) is 0 Å². The Kier molecular flexibility index (Phi) is 5.85. The van der Waals surface area contributed by atoms with Crippen molar-refractivity contribution in [2.24, 2.45) is 9.98 Å². The number of fused-ring (bicyclic) bond motifs is 6. The van der Waals surface area contributed by atoms with Gasteiger partial charge in [-0.1, -0.05) is 127 Å². The summed E-state index contributed by atoms with van der Waals surface area (Å²) in [5.41, 5.74) is 6.92. The van der Waals surface area contributed by atoms with Gasteiger partial charge in [0.25, 0.3) is 0 Å². The summed E-state index contributed by atoms with van der Waals surface area (Å²) in [6.07, 6.45) is -0.307. The van der Waals surface area contributed by atoms with Crippen LogP contribution in [0.15, 0.2) is 166 Å². The van der Waals surface area contributed by atoms with E-state index in [2.05, 4.69) is 121 Å². The molecular formula is C41H27N3O. The van der Waals surface area contributed by atoms with Crippen molar-refractivity contribution in [3.05, 3.63) is 168 Å². The quantitative estimate of drug-likeness (QED) is 0.212. The number of furan rings is 1. The summed E-state index contributed by atoms with van der Waals surface area (Å²) in [5.74, 6) is 1.46. The minimum Gasteiger partial charge on any atom is -0.456 e. The van der Waals surface area contributed by atoms with Gasteiger partial charge in [-0.05, 0) is 62.5 Å². The predicted octanol–water partition coefficient (Wildman–Crippen LogP) is 10.1. The average Bonchev–Trinajstić information content (AvgIpc) is 3.50. The minimum absolute atomic E-state index is 0.307. The molecule has 1 N–H and O–H groups in total. The largest absolute Gasteiger partial charge is 0.456 e. The van der Waals surface area contributed by atoms with E-state index >= 15 is 0 Å². The molecule has 0 saturated heterocycles. The summed E-state index contributed by atoms with van der Waals surface area (Å²) in [6.45, 7) is 0. The van der Waals surface area contributed by atoms with E-state index in [1.54, 1.807) is 0 Å². The Balaban J connectivity index is 1.32. The first kappa shape index (κ1) is 25.5. The molecular weight excluding hydrogens is 550 g/mol. The van der Waals surface area contributed by atoms with Crippen molar-refractivity contribution in [3.63, 3.8) is 0 Å². The fraction of sp³-hybridized carbons (Fsp3) is 0.0244. The van der Waals surface area contributed by atoms with E-state index in [1.807, 2.05) is 36.4 Å². The van der Waals surface area contributed by atoms with Crippen LogP contribution in [0.4, 0.5) is 0 Å². The normalized spacial score (nSPS) is 14.9. The number of hydrogen-bond acceptors (Lipinski definition) is 4. The zero-order valence-electron chi connectivity index (χ0n) is 24.3. The third kappa shape index (κ3) is 4.30. The maximum Gasteiger partial charge on any atom is 0.159 e. The molecule has 2 heterocycles. The predicted molar refractivity (Wildman–Crippen MR) is 186 cm³/mol. The van der Waals surface area contributed by atoms with Crippen LogP contribution in [0.2, 0.25) is 0 Å². The molecule has 9 rings (SSSR count). The molecule has 1 aliphatic heterocycles. The smallest absolute Gasteiger partial charge is 0.159 e. The maximum absolute atomic E-state index is 6.40. The van der Waals surface area contributed by atoms with Gasteiger partial charge in [-0.15, -0.1) is 0 Å². The highest BCUT2D eigenvalue weighted by Crippen LogP contribution is 2.39. The molecule has 8 aromatic rings. The van der Waals surface area contributed by atoms with Crippen LogP contribution in [0.1, 0.15) is 22.9 Å². The summed E-state index contributed by atoms with van der Waals surface area (Å²) in [7, 11) is 0. The average molecular weight is 578 g/mol. The Hall–Kier alpha value is -6.00. The van der Waals surface area contributed by atoms with Crippen molar-refractivity contribution >= 4 is 55.2 Å². The fourth-order valence-corrected chi connectivity index (χ4v) is 6.58. The molecule has 0 aliphatic carbocycles. The van der Waals surface area contributed by atoms with Crippen LogP contribution in [0.5, 0.6) is 0 Å². The zero-order valence-corrected chi connectivity index (χ0v) is 24.3. The van der Waals surface area contributed by atoms with Gasteiger partial charge < -0.3 is 9.73 Å². The fourth-order valence-electron chi connectivity index (χ4n) is 6.58. The topological polar surface area (TPSA) is 49.9 Å². The van der Waals surface area contributed by atoms with Crippen LogP contribution in [-0.2, 0) is 0 Å². The molecule has 1 aromatic heterocycles. The lowest BCUT2D eigenvalue weighted by atomic mass is 9.91. The molecule has 0 bridgehead atoms. The van der Waals surface area contributed by atoms with Gasteiger partial charge in [-0.3, -0.25) is 0 Å². The molecule has 45 heavy (non-hydrogen) atoms. The number of benzene rings is 7. The van der Waals surface area contributed by atoms with Gasteiger partial charge in [0.2, 0.25) is 0 Å². The van der Waals surface area contributed by atoms with Gasteiger partial charge in [-0.2, -0.15) is 0 Å². The van der Waals surface area contributed by atoms with E-state index in [9.17, 15) is 0 Å². The van der Waals surface area contributed by atoms with E-state index in [0.717, 1.165) is 55.6 Å². The van der Waals surface area contributed by atoms with Crippen LogP contribution >= 0.6 is 0 Å². The molecule has 0 saturated carbocycles. The number of para-hydroxylation sites is 1. The minimum atomic E-state index is -0.307. The van der Waals surface area contributed by atoms with Gasteiger partial charge in [0, 0.05) is 21.9 Å². The third-order valence-corrected chi connectivity index (χ3v) is 8.73. The Morgan fingerprint density at radius 2 is 1.24 bits per heavy atom. The van der Waals surface area contributed by atoms with Crippen molar-refractivity contribution < 1.29 is 4.42 Å². The second-order valence-corrected chi connectivity index (χ2v) is 11.4. The Morgan fingerprint density at radius 1 is 0.533 bits per heavy atom. The van der Waals surface area contributed by atoms with Crippen LogP contribution in [0.25, 0.3) is 54.6 Å². The highest BCUT2D eigenvalue weighted by Gasteiger charge is 2.26. The first-order valence-electron chi connectivity index (χ1n) is 15.2. The molecule has 0 radical (unpaired) electrons. The number of aliphatic imine (C=N–C) groups is 2. The Morgan fingerprint density at radius 3 is 2.11 bits per heavy atom. The monoisotopic (exact) mass is 577 g/mol. The van der Waals surface area contributed by atoms with Crippen molar-refractivity contribution in [1.29, 1.82) is 0 Å². The molecule has 1 aliphatic rings. The SMILES string of the molecule is c1ccc(C2=NC(c3ccccc3)NC(c3c(-c4ccc5c(ccc6ccccc65)c4)ccc4oc5ccccc5c34)=N2)cc1. The van der Waals surface area contributed by atoms with Crippen LogP contribution in [-0.4, -0.2) is 11.7 Å². The number of nitrogens with zero attached hydrogens (tertiary/aromatic N) is 2. The molecule has 1 atom stereocenters.